The monoisotopic (exact) mass is 543 g/mol. The molecule has 4 atom stereocenters. The van der Waals surface area contributed by atoms with Gasteiger partial charge in [-0.25, -0.2) is 0 Å². The second-order valence-corrected chi connectivity index (χ2v) is 11.6. The van der Waals surface area contributed by atoms with Gasteiger partial charge in [-0.1, -0.05) is 78.9 Å². The van der Waals surface area contributed by atoms with Crippen molar-refractivity contribution >= 4 is 40.3 Å². The zero-order chi connectivity index (χ0) is 27.6. The van der Waals surface area contributed by atoms with Crippen LogP contribution in [0.15, 0.2) is 136 Å². The highest BCUT2D eigenvalue weighted by molar-refractivity contribution is 6.01. The fraction of sp³-hybridized carbons (Fsp3) is 0.132. The highest BCUT2D eigenvalue weighted by Crippen LogP contribution is 2.47. The third-order valence-corrected chi connectivity index (χ3v) is 9.23. The summed E-state index contributed by atoms with van der Waals surface area (Å²) < 4.78 is 6.28. The van der Waals surface area contributed by atoms with Gasteiger partial charge in [0.2, 0.25) is 0 Å². The predicted octanol–water partition coefficient (Wildman–Crippen LogP) is 6.86. The minimum Gasteiger partial charge on any atom is -0.456 e. The topological polar surface area (TPSA) is 40.8 Å². The molecule has 1 N–H and O–H groups in total. The molecule has 0 saturated heterocycles. The smallest absolute Gasteiger partial charge is 0.135 e. The van der Waals surface area contributed by atoms with E-state index in [4.69, 9.17) is 9.41 Å². The van der Waals surface area contributed by atoms with Crippen molar-refractivity contribution in [1.29, 1.82) is 0 Å². The second-order valence-electron chi connectivity index (χ2n) is 11.6. The van der Waals surface area contributed by atoms with Crippen molar-refractivity contribution in [2.45, 2.75) is 24.4 Å². The van der Waals surface area contributed by atoms with Gasteiger partial charge in [-0.15, -0.1) is 0 Å². The van der Waals surface area contributed by atoms with E-state index in [0.717, 1.165) is 28.8 Å². The van der Waals surface area contributed by atoms with Crippen LogP contribution < -0.4 is 20.9 Å². The summed E-state index contributed by atoms with van der Waals surface area (Å²) in [5, 5.41) is 6.04. The molecule has 4 aromatic carbocycles. The summed E-state index contributed by atoms with van der Waals surface area (Å²) in [5.41, 5.74) is 9.28. The molecule has 2 aliphatic carbocycles. The standard InChI is InChI=1S/C38H29N3O/c1-2-10-24(11-3-1)37-29-14-4-7-15-32(29)39-38(40-37)25-18-20-26(21-19-25)41-33-16-8-5-12-27(33)30-23-36-31(22-34(30)41)28-13-6-9-17-35(28)42-36/h1-13,15-23,29-30,34,37H,14H2,(H,39,40). The van der Waals surface area contributed by atoms with E-state index < -0.39 is 0 Å². The molecule has 5 aromatic rings. The van der Waals surface area contributed by atoms with Gasteiger partial charge in [0.15, 0.2) is 0 Å². The lowest BCUT2D eigenvalue weighted by molar-refractivity contribution is 0.466. The number of furan rings is 1. The van der Waals surface area contributed by atoms with Gasteiger partial charge in [0.1, 0.15) is 16.8 Å². The van der Waals surface area contributed by atoms with E-state index >= 15 is 0 Å². The van der Waals surface area contributed by atoms with Gasteiger partial charge in [0.05, 0.1) is 12.1 Å². The van der Waals surface area contributed by atoms with Crippen molar-refractivity contribution < 1.29 is 4.42 Å². The summed E-state index contributed by atoms with van der Waals surface area (Å²) in [5.74, 6) is 1.49. The normalized spacial score (nSPS) is 23.4. The third-order valence-electron chi connectivity index (χ3n) is 9.23. The van der Waals surface area contributed by atoms with E-state index in [-0.39, 0.29) is 18.0 Å². The lowest BCUT2D eigenvalue weighted by Crippen LogP contribution is -2.37. The molecular weight excluding hydrogens is 514 g/mol. The van der Waals surface area contributed by atoms with Gasteiger partial charge in [0.25, 0.3) is 0 Å². The molecule has 9 rings (SSSR count). The van der Waals surface area contributed by atoms with Gasteiger partial charge in [-0.2, -0.15) is 0 Å². The average Bonchev–Trinajstić information content (AvgIpc) is 3.58. The van der Waals surface area contributed by atoms with Crippen LogP contribution in [0.25, 0.3) is 23.1 Å². The minimum atomic E-state index is 0.0934. The van der Waals surface area contributed by atoms with Crippen LogP contribution in [-0.2, 0) is 0 Å². The number of aliphatic imine (C=N–C) groups is 1. The van der Waals surface area contributed by atoms with E-state index in [0.29, 0.717) is 5.92 Å². The van der Waals surface area contributed by atoms with Crippen LogP contribution in [0.3, 0.4) is 0 Å². The molecule has 2 aliphatic heterocycles. The number of hydrogen-bond donors (Lipinski definition) is 1. The molecule has 202 valence electrons. The van der Waals surface area contributed by atoms with Crippen molar-refractivity contribution in [3.05, 3.63) is 154 Å². The van der Waals surface area contributed by atoms with Crippen LogP contribution in [0.2, 0.25) is 0 Å². The first-order valence-electron chi connectivity index (χ1n) is 14.8. The zero-order valence-corrected chi connectivity index (χ0v) is 23.0. The SMILES string of the molecule is C1=CCC2C(=C1)NC(c1ccc(N3c4ccccc4C4C=c5oc6ccccc6c5=CC43)cc1)=NC2c1ccccc1. The molecule has 0 spiro atoms. The maximum Gasteiger partial charge on any atom is 0.135 e. The number of hydrogen-bond acceptors (Lipinski definition) is 4. The summed E-state index contributed by atoms with van der Waals surface area (Å²) in [6.45, 7) is 0. The Balaban J connectivity index is 1.12. The van der Waals surface area contributed by atoms with Crippen molar-refractivity contribution in [3.8, 4) is 0 Å². The van der Waals surface area contributed by atoms with Crippen LogP contribution in [-0.4, -0.2) is 11.9 Å². The highest BCUT2D eigenvalue weighted by Gasteiger charge is 2.39. The quantitative estimate of drug-likeness (QED) is 0.270. The first kappa shape index (κ1) is 23.6. The van der Waals surface area contributed by atoms with Gasteiger partial charge in [-0.05, 0) is 72.2 Å². The van der Waals surface area contributed by atoms with E-state index in [1.165, 1.54) is 38.8 Å². The number of rotatable bonds is 3. The van der Waals surface area contributed by atoms with Crippen molar-refractivity contribution in [3.63, 3.8) is 0 Å². The van der Waals surface area contributed by atoms with E-state index in [1.54, 1.807) is 0 Å². The summed E-state index contributed by atoms with van der Waals surface area (Å²) in [6, 6.07) is 37.0. The van der Waals surface area contributed by atoms with Crippen molar-refractivity contribution in [2.75, 3.05) is 4.90 Å². The van der Waals surface area contributed by atoms with E-state index in [9.17, 15) is 0 Å². The largest absolute Gasteiger partial charge is 0.456 e. The predicted molar refractivity (Wildman–Crippen MR) is 170 cm³/mol. The number of nitrogens with one attached hydrogen (secondary N) is 1. The number of fused-ring (bicyclic) bond motifs is 7. The van der Waals surface area contributed by atoms with E-state index in [2.05, 4.69) is 138 Å². The fourth-order valence-electron chi connectivity index (χ4n) is 7.25. The lowest BCUT2D eigenvalue weighted by atomic mass is 9.84. The summed E-state index contributed by atoms with van der Waals surface area (Å²) >= 11 is 0. The van der Waals surface area contributed by atoms with Crippen molar-refractivity contribution in [2.24, 2.45) is 10.9 Å². The number of anilines is 2. The Bertz CT molecular complexity index is 2070. The molecule has 4 heteroatoms. The third kappa shape index (κ3) is 3.58. The molecule has 0 saturated carbocycles. The minimum absolute atomic E-state index is 0.0934. The Labute approximate surface area is 244 Å². The number of allylic oxidation sites excluding steroid dienone is 3. The number of benzene rings is 4. The summed E-state index contributed by atoms with van der Waals surface area (Å²) in [7, 11) is 0. The molecule has 0 radical (unpaired) electrons. The number of para-hydroxylation sites is 2. The number of amidine groups is 1. The Hall–Kier alpha value is -5.09. The molecule has 0 bridgehead atoms. The molecule has 42 heavy (non-hydrogen) atoms. The molecule has 1 aromatic heterocycles. The molecule has 4 nitrogen and oxygen atoms in total. The van der Waals surface area contributed by atoms with Crippen LogP contribution in [0, 0.1) is 5.92 Å². The molecule has 0 fully saturated rings. The molecule has 3 heterocycles. The van der Waals surface area contributed by atoms with Crippen LogP contribution >= 0.6 is 0 Å². The lowest BCUT2D eigenvalue weighted by Gasteiger charge is -2.34. The molecule has 0 amide bonds. The van der Waals surface area contributed by atoms with Crippen LogP contribution in [0.4, 0.5) is 11.4 Å². The first-order chi connectivity index (χ1) is 20.8. The molecule has 4 unspecified atom stereocenters. The summed E-state index contributed by atoms with van der Waals surface area (Å²) in [4.78, 5) is 7.76. The highest BCUT2D eigenvalue weighted by atomic mass is 16.3. The number of nitrogens with zero attached hydrogens (tertiary/aromatic N) is 2. The first-order valence-corrected chi connectivity index (χ1v) is 14.8. The van der Waals surface area contributed by atoms with Crippen molar-refractivity contribution in [1.82, 2.24) is 5.32 Å². The Morgan fingerprint density at radius 3 is 2.52 bits per heavy atom. The van der Waals surface area contributed by atoms with Gasteiger partial charge in [-0.3, -0.25) is 4.99 Å². The fourth-order valence-corrected chi connectivity index (χ4v) is 7.25. The average molecular weight is 544 g/mol. The Morgan fingerprint density at radius 1 is 0.810 bits per heavy atom. The van der Waals surface area contributed by atoms with Gasteiger partial charge < -0.3 is 14.6 Å². The second kappa shape index (κ2) is 9.22. The van der Waals surface area contributed by atoms with Gasteiger partial charge in [0, 0.05) is 45.1 Å². The van der Waals surface area contributed by atoms with Crippen LogP contribution in [0.5, 0.6) is 0 Å². The van der Waals surface area contributed by atoms with E-state index in [1.807, 2.05) is 6.07 Å². The Morgan fingerprint density at radius 2 is 1.62 bits per heavy atom. The van der Waals surface area contributed by atoms with Gasteiger partial charge >= 0.3 is 0 Å². The van der Waals surface area contributed by atoms with Crippen LogP contribution in [0.1, 0.15) is 35.1 Å². The zero-order valence-electron chi connectivity index (χ0n) is 23.0. The molecular formula is C38H29N3O. The summed E-state index contributed by atoms with van der Waals surface area (Å²) in [6.07, 6.45) is 12.3. The maximum absolute atomic E-state index is 6.28. The maximum atomic E-state index is 6.28. The Kier molecular flexibility index (Phi) is 5.18. The molecule has 4 aliphatic rings.